The van der Waals surface area contributed by atoms with E-state index in [-0.39, 0.29) is 17.1 Å². The first-order valence-electron chi connectivity index (χ1n) is 6.88. The van der Waals surface area contributed by atoms with E-state index in [4.69, 9.17) is 0 Å². The average Bonchev–Trinajstić information content (AvgIpc) is 2.79. The van der Waals surface area contributed by atoms with Gasteiger partial charge in [0.15, 0.2) is 5.12 Å². The summed E-state index contributed by atoms with van der Waals surface area (Å²) in [6.45, 7) is 4.41. The van der Waals surface area contributed by atoms with Gasteiger partial charge in [-0.05, 0) is 30.9 Å². The molecule has 1 aromatic rings. The normalized spacial score (nSPS) is 20.2. The Morgan fingerprint density at radius 3 is 3.05 bits per heavy atom. The van der Waals surface area contributed by atoms with E-state index in [0.717, 1.165) is 24.3 Å². The minimum atomic E-state index is 0.124. The number of amides is 1. The van der Waals surface area contributed by atoms with Crippen LogP contribution in [0.4, 0.5) is 0 Å². The SMILES string of the molecule is CC(=O)SCC1CC(=O)N(C(C)Cc2cccnc2)C1. The van der Waals surface area contributed by atoms with Crippen LogP contribution in [0.15, 0.2) is 24.5 Å². The number of carbonyl (C=O) groups is 2. The van der Waals surface area contributed by atoms with Crippen molar-refractivity contribution in [3.63, 3.8) is 0 Å². The number of thioether (sulfide) groups is 1. The number of likely N-dealkylation sites (tertiary alicyclic amines) is 1. The van der Waals surface area contributed by atoms with Gasteiger partial charge in [0.25, 0.3) is 0 Å². The number of carbonyl (C=O) groups excluding carboxylic acids is 2. The summed E-state index contributed by atoms with van der Waals surface area (Å²) in [6.07, 6.45) is 4.99. The molecule has 2 unspecified atom stereocenters. The molecule has 1 saturated heterocycles. The molecule has 108 valence electrons. The summed E-state index contributed by atoms with van der Waals surface area (Å²) in [5.41, 5.74) is 1.15. The lowest BCUT2D eigenvalue weighted by atomic mass is 10.1. The molecular formula is C15H20N2O2S. The molecule has 1 amide bonds. The highest BCUT2D eigenvalue weighted by Gasteiger charge is 2.32. The van der Waals surface area contributed by atoms with E-state index in [0.29, 0.717) is 12.3 Å². The number of nitrogens with zero attached hydrogens (tertiary/aromatic N) is 2. The van der Waals surface area contributed by atoms with Crippen molar-refractivity contribution in [2.24, 2.45) is 5.92 Å². The van der Waals surface area contributed by atoms with Crippen molar-refractivity contribution in [2.45, 2.75) is 32.7 Å². The molecule has 2 atom stereocenters. The molecule has 0 spiro atoms. The van der Waals surface area contributed by atoms with Crippen LogP contribution in [0.2, 0.25) is 0 Å². The zero-order valence-corrected chi connectivity index (χ0v) is 12.7. The van der Waals surface area contributed by atoms with Gasteiger partial charge in [-0.15, -0.1) is 0 Å². The first kappa shape index (κ1) is 15.0. The molecule has 2 heterocycles. The number of hydrogen-bond acceptors (Lipinski definition) is 4. The topological polar surface area (TPSA) is 50.3 Å². The van der Waals surface area contributed by atoms with E-state index in [2.05, 4.69) is 11.9 Å². The van der Waals surface area contributed by atoms with E-state index in [9.17, 15) is 9.59 Å². The summed E-state index contributed by atoms with van der Waals surface area (Å²) in [6, 6.07) is 4.13. The van der Waals surface area contributed by atoms with E-state index in [1.54, 1.807) is 13.1 Å². The summed E-state index contributed by atoms with van der Waals surface area (Å²) in [4.78, 5) is 29.1. The monoisotopic (exact) mass is 292 g/mol. The molecule has 1 aliphatic rings. The maximum atomic E-state index is 12.1. The third-order valence-electron chi connectivity index (χ3n) is 3.55. The summed E-state index contributed by atoms with van der Waals surface area (Å²) >= 11 is 1.32. The van der Waals surface area contributed by atoms with Crippen molar-refractivity contribution in [2.75, 3.05) is 12.3 Å². The van der Waals surface area contributed by atoms with Crippen molar-refractivity contribution in [1.82, 2.24) is 9.88 Å². The van der Waals surface area contributed by atoms with Gasteiger partial charge in [0.2, 0.25) is 5.91 Å². The van der Waals surface area contributed by atoms with Gasteiger partial charge in [0.1, 0.15) is 0 Å². The van der Waals surface area contributed by atoms with E-state index >= 15 is 0 Å². The fraction of sp³-hybridized carbons (Fsp3) is 0.533. The fourth-order valence-corrected chi connectivity index (χ4v) is 3.25. The Morgan fingerprint density at radius 1 is 1.60 bits per heavy atom. The first-order valence-corrected chi connectivity index (χ1v) is 7.86. The Balaban J connectivity index is 1.89. The number of rotatable bonds is 5. The Hall–Kier alpha value is -1.36. The average molecular weight is 292 g/mol. The maximum absolute atomic E-state index is 12.1. The van der Waals surface area contributed by atoms with E-state index in [1.165, 1.54) is 11.8 Å². The van der Waals surface area contributed by atoms with Crippen molar-refractivity contribution in [3.05, 3.63) is 30.1 Å². The largest absolute Gasteiger partial charge is 0.339 e. The molecule has 1 aromatic heterocycles. The lowest BCUT2D eigenvalue weighted by Gasteiger charge is -2.24. The Morgan fingerprint density at radius 2 is 2.40 bits per heavy atom. The standard InChI is InChI=1S/C15H20N2O2S/c1-11(6-13-4-3-5-16-8-13)17-9-14(7-15(17)19)10-20-12(2)18/h3-5,8,11,14H,6-7,9-10H2,1-2H3. The Kier molecular flexibility index (Phi) is 5.17. The molecule has 0 bridgehead atoms. The predicted octanol–water partition coefficient (Wildman–Crippen LogP) is 2.14. The molecule has 0 aliphatic carbocycles. The van der Waals surface area contributed by atoms with Crippen LogP contribution in [0.3, 0.4) is 0 Å². The lowest BCUT2D eigenvalue weighted by molar-refractivity contribution is -0.129. The van der Waals surface area contributed by atoms with Gasteiger partial charge in [-0.1, -0.05) is 17.8 Å². The third kappa shape index (κ3) is 4.07. The van der Waals surface area contributed by atoms with Crippen LogP contribution in [-0.2, 0) is 16.0 Å². The summed E-state index contributed by atoms with van der Waals surface area (Å²) in [5, 5.41) is 0.124. The summed E-state index contributed by atoms with van der Waals surface area (Å²) < 4.78 is 0. The smallest absolute Gasteiger partial charge is 0.223 e. The Labute approximate surface area is 124 Å². The van der Waals surface area contributed by atoms with Crippen molar-refractivity contribution in [1.29, 1.82) is 0 Å². The van der Waals surface area contributed by atoms with Crippen LogP contribution in [0.5, 0.6) is 0 Å². The molecule has 4 nitrogen and oxygen atoms in total. The molecule has 0 radical (unpaired) electrons. The van der Waals surface area contributed by atoms with Gasteiger partial charge in [-0.2, -0.15) is 0 Å². The van der Waals surface area contributed by atoms with Gasteiger partial charge in [0.05, 0.1) is 0 Å². The summed E-state index contributed by atoms with van der Waals surface area (Å²) in [7, 11) is 0. The zero-order chi connectivity index (χ0) is 14.5. The Bertz CT molecular complexity index is 478. The molecule has 1 aliphatic heterocycles. The lowest BCUT2D eigenvalue weighted by Crippen LogP contribution is -2.36. The highest BCUT2D eigenvalue weighted by Crippen LogP contribution is 2.25. The third-order valence-corrected chi connectivity index (χ3v) is 4.59. The first-order chi connectivity index (χ1) is 9.56. The maximum Gasteiger partial charge on any atom is 0.223 e. The molecule has 0 N–H and O–H groups in total. The summed E-state index contributed by atoms with van der Waals surface area (Å²) in [5.74, 6) is 1.25. The molecule has 20 heavy (non-hydrogen) atoms. The van der Waals surface area contributed by atoms with E-state index in [1.807, 2.05) is 23.2 Å². The minimum absolute atomic E-state index is 0.124. The predicted molar refractivity (Wildman–Crippen MR) is 80.4 cm³/mol. The second kappa shape index (κ2) is 6.88. The van der Waals surface area contributed by atoms with E-state index < -0.39 is 0 Å². The van der Waals surface area contributed by atoms with Crippen LogP contribution in [0.25, 0.3) is 0 Å². The number of aromatic nitrogens is 1. The van der Waals surface area contributed by atoms with Crippen LogP contribution in [0.1, 0.15) is 25.8 Å². The molecule has 2 rings (SSSR count). The van der Waals surface area contributed by atoms with Crippen LogP contribution >= 0.6 is 11.8 Å². The van der Waals surface area contributed by atoms with Crippen LogP contribution in [-0.4, -0.2) is 39.2 Å². The number of pyridine rings is 1. The van der Waals surface area contributed by atoms with Crippen molar-refractivity contribution in [3.8, 4) is 0 Å². The fourth-order valence-electron chi connectivity index (χ4n) is 2.55. The molecular weight excluding hydrogens is 272 g/mol. The zero-order valence-electron chi connectivity index (χ0n) is 11.9. The van der Waals surface area contributed by atoms with Crippen molar-refractivity contribution >= 4 is 22.8 Å². The second-order valence-electron chi connectivity index (χ2n) is 5.33. The molecule has 1 fully saturated rings. The van der Waals surface area contributed by atoms with Gasteiger partial charge in [0, 0.05) is 44.1 Å². The minimum Gasteiger partial charge on any atom is -0.339 e. The van der Waals surface area contributed by atoms with Crippen LogP contribution < -0.4 is 0 Å². The van der Waals surface area contributed by atoms with Crippen LogP contribution in [0, 0.1) is 5.92 Å². The number of hydrogen-bond donors (Lipinski definition) is 0. The molecule has 0 saturated carbocycles. The van der Waals surface area contributed by atoms with Gasteiger partial charge < -0.3 is 4.90 Å². The van der Waals surface area contributed by atoms with Gasteiger partial charge >= 0.3 is 0 Å². The van der Waals surface area contributed by atoms with Crippen molar-refractivity contribution < 1.29 is 9.59 Å². The second-order valence-corrected chi connectivity index (χ2v) is 6.53. The van der Waals surface area contributed by atoms with Gasteiger partial charge in [-0.3, -0.25) is 14.6 Å². The van der Waals surface area contributed by atoms with Gasteiger partial charge in [-0.25, -0.2) is 0 Å². The highest BCUT2D eigenvalue weighted by atomic mass is 32.2. The highest BCUT2D eigenvalue weighted by molar-refractivity contribution is 8.13. The molecule has 0 aromatic carbocycles. The molecule has 5 heteroatoms. The quantitative estimate of drug-likeness (QED) is 0.834.